The van der Waals surface area contributed by atoms with Crippen molar-refractivity contribution < 1.29 is 8.42 Å². The second-order valence-electron chi connectivity index (χ2n) is 7.32. The largest absolute Gasteiger partial charge is 0.228 e. The predicted molar refractivity (Wildman–Crippen MR) is 106 cm³/mol. The van der Waals surface area contributed by atoms with Crippen LogP contribution >= 0.6 is 11.3 Å². The molecule has 0 unspecified atom stereocenters. The number of unbranched alkanes of at least 4 members (excludes halogenated alkanes) is 4. The molecule has 6 heteroatoms. The molecule has 4 nitrogen and oxygen atoms in total. The van der Waals surface area contributed by atoms with E-state index in [2.05, 4.69) is 22.3 Å². The highest BCUT2D eigenvalue weighted by atomic mass is 32.2. The van der Waals surface area contributed by atoms with Crippen molar-refractivity contribution in [3.8, 4) is 10.6 Å². The van der Waals surface area contributed by atoms with Gasteiger partial charge in [-0.2, -0.15) is 0 Å². The second kappa shape index (κ2) is 8.90. The molecule has 0 N–H and O–H groups in total. The number of nitrogens with zero attached hydrogens (tertiary/aromatic N) is 2. The van der Waals surface area contributed by atoms with Crippen LogP contribution in [0.25, 0.3) is 10.6 Å². The Morgan fingerprint density at radius 1 is 0.920 bits per heavy atom. The molecule has 0 radical (unpaired) electrons. The normalized spacial score (nSPS) is 12.4. The minimum absolute atomic E-state index is 0.299. The standard InChI is InChI=1S/C19H28N2O2S2/c1-19(2,3)25(22,23)15-11-6-4-5-10-14-17-20-21-18(24-17)16-12-8-7-9-13-16/h7-9,12-13H,4-6,10-11,14-15H2,1-3H3. The molecule has 138 valence electrons. The highest BCUT2D eigenvalue weighted by Crippen LogP contribution is 2.24. The first kappa shape index (κ1) is 20.0. The zero-order chi connectivity index (χ0) is 18.3. The lowest BCUT2D eigenvalue weighted by Crippen LogP contribution is -2.30. The highest BCUT2D eigenvalue weighted by molar-refractivity contribution is 7.92. The zero-order valence-corrected chi connectivity index (χ0v) is 17.0. The van der Waals surface area contributed by atoms with Crippen molar-refractivity contribution in [3.05, 3.63) is 35.3 Å². The summed E-state index contributed by atoms with van der Waals surface area (Å²) in [6.45, 7) is 5.32. The van der Waals surface area contributed by atoms with Gasteiger partial charge in [0, 0.05) is 12.0 Å². The van der Waals surface area contributed by atoms with E-state index in [1.54, 1.807) is 32.1 Å². The zero-order valence-electron chi connectivity index (χ0n) is 15.4. The summed E-state index contributed by atoms with van der Waals surface area (Å²) in [6, 6.07) is 10.1. The van der Waals surface area contributed by atoms with Crippen molar-refractivity contribution in [3.63, 3.8) is 0 Å². The van der Waals surface area contributed by atoms with Crippen LogP contribution in [0, 0.1) is 0 Å². The quantitative estimate of drug-likeness (QED) is 0.580. The maximum atomic E-state index is 12.0. The van der Waals surface area contributed by atoms with Gasteiger partial charge < -0.3 is 0 Å². The minimum atomic E-state index is -2.97. The fourth-order valence-electron chi connectivity index (χ4n) is 2.46. The Kier molecular flexibility index (Phi) is 7.14. The number of hydrogen-bond acceptors (Lipinski definition) is 5. The molecule has 0 atom stereocenters. The molecule has 0 fully saturated rings. The van der Waals surface area contributed by atoms with Crippen LogP contribution in [0.5, 0.6) is 0 Å². The summed E-state index contributed by atoms with van der Waals surface area (Å²) in [5, 5.41) is 10.6. The van der Waals surface area contributed by atoms with E-state index in [1.807, 2.05) is 18.2 Å². The van der Waals surface area contributed by atoms with Gasteiger partial charge in [0.1, 0.15) is 10.0 Å². The molecule has 0 aliphatic carbocycles. The Balaban J connectivity index is 1.63. The van der Waals surface area contributed by atoms with Gasteiger partial charge in [0.05, 0.1) is 10.5 Å². The Labute approximate surface area is 155 Å². The maximum Gasteiger partial charge on any atom is 0.155 e. The van der Waals surface area contributed by atoms with Gasteiger partial charge in [0.2, 0.25) is 0 Å². The molecular weight excluding hydrogens is 352 g/mol. The molecule has 0 aliphatic heterocycles. The molecule has 1 aromatic heterocycles. The van der Waals surface area contributed by atoms with E-state index in [9.17, 15) is 8.42 Å². The lowest BCUT2D eigenvalue weighted by atomic mass is 10.1. The van der Waals surface area contributed by atoms with E-state index in [-0.39, 0.29) is 0 Å². The first-order valence-corrected chi connectivity index (χ1v) is 11.4. The summed E-state index contributed by atoms with van der Waals surface area (Å²) in [5.41, 5.74) is 1.12. The van der Waals surface area contributed by atoms with E-state index in [1.165, 1.54) is 0 Å². The molecule has 25 heavy (non-hydrogen) atoms. The number of benzene rings is 1. The average molecular weight is 381 g/mol. The average Bonchev–Trinajstić information content (AvgIpc) is 3.02. The predicted octanol–water partition coefficient (Wildman–Crippen LogP) is 4.91. The van der Waals surface area contributed by atoms with Crippen molar-refractivity contribution in [2.45, 2.75) is 64.0 Å². The lowest BCUT2D eigenvalue weighted by Gasteiger charge is -2.18. The number of hydrogen-bond donors (Lipinski definition) is 0. The third-order valence-corrected chi connectivity index (χ3v) is 7.95. The van der Waals surface area contributed by atoms with Crippen LogP contribution in [0.3, 0.4) is 0 Å². The van der Waals surface area contributed by atoms with Crippen molar-refractivity contribution >= 4 is 21.2 Å². The van der Waals surface area contributed by atoms with Crippen LogP contribution < -0.4 is 0 Å². The molecule has 0 amide bonds. The van der Waals surface area contributed by atoms with Crippen molar-refractivity contribution in [1.82, 2.24) is 10.2 Å². The van der Waals surface area contributed by atoms with Crippen molar-refractivity contribution in [2.24, 2.45) is 0 Å². The number of aryl methyl sites for hydroxylation is 1. The van der Waals surface area contributed by atoms with Crippen LogP contribution in [-0.2, 0) is 16.3 Å². The van der Waals surface area contributed by atoms with Crippen LogP contribution in [0.2, 0.25) is 0 Å². The Morgan fingerprint density at radius 3 is 2.24 bits per heavy atom. The van der Waals surface area contributed by atoms with E-state index in [4.69, 9.17) is 0 Å². The molecule has 0 aliphatic rings. The summed E-state index contributed by atoms with van der Waals surface area (Å²) >= 11 is 1.66. The topological polar surface area (TPSA) is 59.9 Å². The lowest BCUT2D eigenvalue weighted by molar-refractivity contribution is 0.552. The monoisotopic (exact) mass is 380 g/mol. The van der Waals surface area contributed by atoms with E-state index in [0.29, 0.717) is 5.75 Å². The molecule has 2 aromatic rings. The van der Waals surface area contributed by atoms with Gasteiger partial charge in [0.15, 0.2) is 9.84 Å². The highest BCUT2D eigenvalue weighted by Gasteiger charge is 2.27. The number of rotatable bonds is 9. The fourth-order valence-corrected chi connectivity index (χ4v) is 4.54. The smallest absolute Gasteiger partial charge is 0.155 e. The van der Waals surface area contributed by atoms with E-state index >= 15 is 0 Å². The summed E-state index contributed by atoms with van der Waals surface area (Å²) in [5.74, 6) is 0.299. The van der Waals surface area contributed by atoms with Crippen LogP contribution in [0.4, 0.5) is 0 Å². The van der Waals surface area contributed by atoms with Gasteiger partial charge in [-0.15, -0.1) is 10.2 Å². The SMILES string of the molecule is CC(C)(C)S(=O)(=O)CCCCCCCc1nnc(-c2ccccc2)s1. The van der Waals surface area contributed by atoms with Crippen LogP contribution in [0.1, 0.15) is 57.9 Å². The molecular formula is C19H28N2O2S2. The molecule has 0 bridgehead atoms. The van der Waals surface area contributed by atoms with Gasteiger partial charge in [-0.05, 0) is 33.6 Å². The maximum absolute atomic E-state index is 12.0. The van der Waals surface area contributed by atoms with Gasteiger partial charge in [-0.25, -0.2) is 8.42 Å². The Bertz CT molecular complexity index is 747. The van der Waals surface area contributed by atoms with Gasteiger partial charge in [0.25, 0.3) is 0 Å². The summed E-state index contributed by atoms with van der Waals surface area (Å²) < 4.78 is 23.4. The molecule has 2 rings (SSSR count). The van der Waals surface area contributed by atoms with Gasteiger partial charge >= 0.3 is 0 Å². The first-order chi connectivity index (χ1) is 11.8. The summed E-state index contributed by atoms with van der Waals surface area (Å²) in [4.78, 5) is 0. The second-order valence-corrected chi connectivity index (χ2v) is 11.2. The third-order valence-electron chi connectivity index (χ3n) is 4.22. The molecule has 1 aromatic carbocycles. The number of aromatic nitrogens is 2. The van der Waals surface area contributed by atoms with Crippen LogP contribution in [0.15, 0.2) is 30.3 Å². The third kappa shape index (κ3) is 6.19. The van der Waals surface area contributed by atoms with Crippen LogP contribution in [-0.4, -0.2) is 29.1 Å². The van der Waals surface area contributed by atoms with Crippen molar-refractivity contribution in [1.29, 1.82) is 0 Å². The molecule has 0 saturated heterocycles. The Morgan fingerprint density at radius 2 is 1.56 bits per heavy atom. The first-order valence-electron chi connectivity index (χ1n) is 8.90. The van der Waals surface area contributed by atoms with Gasteiger partial charge in [-0.3, -0.25) is 0 Å². The Hall–Kier alpha value is -1.27. The molecule has 0 spiro atoms. The van der Waals surface area contributed by atoms with Crippen molar-refractivity contribution in [2.75, 3.05) is 5.75 Å². The molecule has 0 saturated carbocycles. The van der Waals surface area contributed by atoms with Gasteiger partial charge in [-0.1, -0.05) is 60.9 Å². The molecule has 1 heterocycles. The number of sulfone groups is 1. The van der Waals surface area contributed by atoms with E-state index in [0.717, 1.165) is 54.1 Å². The summed E-state index contributed by atoms with van der Waals surface area (Å²) in [6.07, 6.45) is 5.94. The van der Waals surface area contributed by atoms with E-state index < -0.39 is 14.6 Å². The summed E-state index contributed by atoms with van der Waals surface area (Å²) in [7, 11) is -2.97. The minimum Gasteiger partial charge on any atom is -0.228 e. The fraction of sp³-hybridized carbons (Fsp3) is 0.579.